The van der Waals surface area contributed by atoms with Gasteiger partial charge < -0.3 is 34.9 Å². The van der Waals surface area contributed by atoms with Crippen LogP contribution in [0.15, 0.2) is 40.1 Å². The summed E-state index contributed by atoms with van der Waals surface area (Å²) in [6, 6.07) is 8.16. The molecule has 2 saturated heterocycles. The molecule has 40 heavy (non-hydrogen) atoms. The molecule has 0 radical (unpaired) electrons. The monoisotopic (exact) mass is 550 g/mol. The molecule has 12 heteroatoms. The van der Waals surface area contributed by atoms with Crippen LogP contribution in [0.4, 0.5) is 5.69 Å². The quantitative estimate of drug-likeness (QED) is 0.314. The van der Waals surface area contributed by atoms with E-state index in [1.165, 1.54) is 11.9 Å². The average Bonchev–Trinajstić information content (AvgIpc) is 3.54. The highest BCUT2D eigenvalue weighted by Crippen LogP contribution is 2.24. The normalized spacial score (nSPS) is 18.1. The molecule has 2 fully saturated rings. The minimum atomic E-state index is -1.23. The van der Waals surface area contributed by atoms with Gasteiger partial charge in [-0.3, -0.25) is 19.2 Å². The van der Waals surface area contributed by atoms with Crippen molar-refractivity contribution in [1.82, 2.24) is 20.0 Å². The maximum atomic E-state index is 13.6. The van der Waals surface area contributed by atoms with Crippen LogP contribution >= 0.6 is 0 Å². The van der Waals surface area contributed by atoms with E-state index in [0.717, 1.165) is 28.9 Å². The summed E-state index contributed by atoms with van der Waals surface area (Å²) in [5.41, 5.74) is 0.819. The molecule has 1 aromatic carbocycles. The Morgan fingerprint density at radius 2 is 1.88 bits per heavy atom. The number of benzene rings is 1. The van der Waals surface area contributed by atoms with Crippen LogP contribution in [0, 0.1) is 18.3 Å². The lowest BCUT2D eigenvalue weighted by Gasteiger charge is -2.28. The molecule has 0 aliphatic carbocycles. The Balaban J connectivity index is 1.63. The second kappa shape index (κ2) is 12.5. The number of anilines is 1. The van der Waals surface area contributed by atoms with E-state index in [0.29, 0.717) is 50.2 Å². The second-order valence-electron chi connectivity index (χ2n) is 10.2. The third-order valence-corrected chi connectivity index (χ3v) is 7.09. The number of carbonyl (C=O) groups excluding carboxylic acids is 3. The second-order valence-corrected chi connectivity index (χ2v) is 10.2. The number of carbonyl (C=O) groups is 4. The number of carboxylic acids is 1. The standard InChI is InChI=1S/C28H34N6O6/c1-18-13-19-14-20(8-9-23(19)40-18)30-26(21(15-29)27(38)32(2)17-25(36)37)31-22-7-3-4-12-34(28(22)39)16-24(35)33-10-5-6-11-33/h8-9,13-14,22,30-31H,3-7,10-12,16-17H2,1-2H3,(H,36,37)/b26-21-/t22-/m0/s1. The van der Waals surface area contributed by atoms with Crippen LogP contribution < -0.4 is 10.6 Å². The van der Waals surface area contributed by atoms with Gasteiger partial charge in [-0.2, -0.15) is 5.26 Å². The number of nitrogens with one attached hydrogen (secondary N) is 2. The summed E-state index contributed by atoms with van der Waals surface area (Å²) in [4.78, 5) is 55.0. The van der Waals surface area contributed by atoms with Gasteiger partial charge >= 0.3 is 5.97 Å². The van der Waals surface area contributed by atoms with Crippen molar-refractivity contribution in [3.8, 4) is 6.07 Å². The molecule has 1 atom stereocenters. The van der Waals surface area contributed by atoms with Gasteiger partial charge in [-0.15, -0.1) is 0 Å². The molecule has 212 valence electrons. The van der Waals surface area contributed by atoms with Gasteiger partial charge in [0.1, 0.15) is 35.8 Å². The topological polar surface area (TPSA) is 159 Å². The third kappa shape index (κ3) is 6.72. The zero-order valence-corrected chi connectivity index (χ0v) is 22.7. The van der Waals surface area contributed by atoms with E-state index in [4.69, 9.17) is 9.52 Å². The summed E-state index contributed by atoms with van der Waals surface area (Å²) in [5, 5.41) is 26.1. The Bertz CT molecular complexity index is 1370. The Hall–Kier alpha value is -4.53. The van der Waals surface area contributed by atoms with Crippen molar-refractivity contribution < 1.29 is 28.7 Å². The lowest BCUT2D eigenvalue weighted by molar-refractivity contribution is -0.142. The number of hydrogen-bond acceptors (Lipinski definition) is 8. The summed E-state index contributed by atoms with van der Waals surface area (Å²) in [7, 11) is 1.29. The first-order valence-corrected chi connectivity index (χ1v) is 13.4. The Morgan fingerprint density at radius 3 is 2.58 bits per heavy atom. The first kappa shape index (κ1) is 28.5. The van der Waals surface area contributed by atoms with Gasteiger partial charge in [-0.05, 0) is 63.3 Å². The summed E-state index contributed by atoms with van der Waals surface area (Å²) in [5.74, 6) is -1.73. The van der Waals surface area contributed by atoms with Crippen molar-refractivity contribution in [2.75, 3.05) is 45.1 Å². The van der Waals surface area contributed by atoms with Gasteiger partial charge in [0, 0.05) is 37.8 Å². The van der Waals surface area contributed by atoms with Crippen LogP contribution in [-0.2, 0) is 19.2 Å². The molecule has 2 aliphatic heterocycles. The molecule has 1 aromatic heterocycles. The first-order valence-electron chi connectivity index (χ1n) is 13.4. The molecule has 2 aliphatic rings. The molecule has 0 spiro atoms. The van der Waals surface area contributed by atoms with Crippen LogP contribution in [0.3, 0.4) is 0 Å². The Labute approximate surface area is 232 Å². The number of amides is 3. The largest absolute Gasteiger partial charge is 0.480 e. The lowest BCUT2D eigenvalue weighted by Crippen LogP contribution is -2.49. The molecule has 3 amide bonds. The number of likely N-dealkylation sites (N-methyl/N-ethyl adjacent to an activating group) is 1. The van der Waals surface area contributed by atoms with Crippen molar-refractivity contribution in [1.29, 1.82) is 5.26 Å². The molecule has 3 heterocycles. The number of nitriles is 1. The van der Waals surface area contributed by atoms with Gasteiger partial charge in [-0.1, -0.05) is 0 Å². The van der Waals surface area contributed by atoms with Gasteiger partial charge in [-0.25, -0.2) is 0 Å². The number of aryl methyl sites for hydroxylation is 1. The van der Waals surface area contributed by atoms with Gasteiger partial charge in [0.25, 0.3) is 5.91 Å². The van der Waals surface area contributed by atoms with Crippen molar-refractivity contribution in [3.63, 3.8) is 0 Å². The molecule has 0 bridgehead atoms. The molecule has 4 rings (SSSR count). The smallest absolute Gasteiger partial charge is 0.323 e. The third-order valence-electron chi connectivity index (χ3n) is 7.09. The van der Waals surface area contributed by atoms with Gasteiger partial charge in [0.15, 0.2) is 5.57 Å². The van der Waals surface area contributed by atoms with Gasteiger partial charge in [0.05, 0.1) is 6.54 Å². The number of likely N-dealkylation sites (tertiary alicyclic amines) is 2. The van der Waals surface area contributed by atoms with E-state index in [2.05, 4.69) is 10.6 Å². The highest BCUT2D eigenvalue weighted by molar-refractivity contribution is 6.00. The van der Waals surface area contributed by atoms with E-state index in [-0.39, 0.29) is 29.8 Å². The van der Waals surface area contributed by atoms with Crippen LogP contribution in [0.1, 0.15) is 37.9 Å². The van der Waals surface area contributed by atoms with Gasteiger partial charge in [0.2, 0.25) is 11.8 Å². The zero-order valence-electron chi connectivity index (χ0n) is 22.7. The highest BCUT2D eigenvalue weighted by atomic mass is 16.4. The molecule has 12 nitrogen and oxygen atoms in total. The van der Waals surface area contributed by atoms with Crippen molar-refractivity contribution >= 4 is 40.3 Å². The number of furan rings is 1. The summed E-state index contributed by atoms with van der Waals surface area (Å²) in [6.07, 6.45) is 3.74. The first-order chi connectivity index (χ1) is 19.2. The predicted molar refractivity (Wildman–Crippen MR) is 146 cm³/mol. The molecule has 0 unspecified atom stereocenters. The fraction of sp³-hybridized carbons (Fsp3) is 0.464. The number of nitrogens with zero attached hydrogens (tertiary/aromatic N) is 4. The maximum Gasteiger partial charge on any atom is 0.323 e. The highest BCUT2D eigenvalue weighted by Gasteiger charge is 2.32. The molecular weight excluding hydrogens is 516 g/mol. The Kier molecular flexibility index (Phi) is 8.93. The van der Waals surface area contributed by atoms with E-state index < -0.39 is 24.5 Å². The van der Waals surface area contributed by atoms with E-state index in [1.54, 1.807) is 23.1 Å². The van der Waals surface area contributed by atoms with Crippen molar-refractivity contribution in [2.24, 2.45) is 0 Å². The summed E-state index contributed by atoms with van der Waals surface area (Å²) >= 11 is 0. The SMILES string of the molecule is Cc1cc2cc(N/C(N[C@H]3CCCCN(CC(=O)N4CCCC4)C3=O)=C(\C#N)C(=O)N(C)CC(=O)O)ccc2o1. The number of rotatable bonds is 9. The molecule has 0 saturated carbocycles. The van der Waals surface area contributed by atoms with E-state index in [1.807, 2.05) is 19.1 Å². The van der Waals surface area contributed by atoms with E-state index >= 15 is 0 Å². The van der Waals surface area contributed by atoms with Crippen molar-refractivity contribution in [2.45, 2.75) is 45.1 Å². The number of fused-ring (bicyclic) bond motifs is 1. The van der Waals surface area contributed by atoms with E-state index in [9.17, 15) is 24.4 Å². The number of carboxylic acid groups (broad SMARTS) is 1. The number of hydrogen-bond donors (Lipinski definition) is 3. The van der Waals surface area contributed by atoms with Crippen LogP contribution in [0.25, 0.3) is 11.0 Å². The lowest BCUT2D eigenvalue weighted by atomic mass is 10.1. The summed E-state index contributed by atoms with van der Waals surface area (Å²) in [6.45, 7) is 3.01. The molecular formula is C28H34N6O6. The maximum absolute atomic E-state index is 13.6. The van der Waals surface area contributed by atoms with Crippen LogP contribution in [-0.4, -0.2) is 89.3 Å². The summed E-state index contributed by atoms with van der Waals surface area (Å²) < 4.78 is 5.63. The van der Waals surface area contributed by atoms with Crippen LogP contribution in [0.2, 0.25) is 0 Å². The molecule has 3 N–H and O–H groups in total. The minimum absolute atomic E-state index is 0.0182. The fourth-order valence-electron chi connectivity index (χ4n) is 5.05. The van der Waals surface area contributed by atoms with Crippen LogP contribution in [0.5, 0.6) is 0 Å². The average molecular weight is 551 g/mol. The zero-order chi connectivity index (χ0) is 28.8. The number of aliphatic carboxylic acids is 1. The predicted octanol–water partition coefficient (Wildman–Crippen LogP) is 2.02. The Morgan fingerprint density at radius 1 is 1.15 bits per heavy atom. The minimum Gasteiger partial charge on any atom is -0.480 e. The molecule has 2 aromatic rings. The van der Waals surface area contributed by atoms with Crippen molar-refractivity contribution in [3.05, 3.63) is 41.4 Å². The fourth-order valence-corrected chi connectivity index (χ4v) is 5.05.